The van der Waals surface area contributed by atoms with E-state index >= 15 is 0 Å². The Balaban J connectivity index is 3.95. The molecule has 80 valence electrons. The van der Waals surface area contributed by atoms with Gasteiger partial charge in [0.1, 0.15) is 6.61 Å². The van der Waals surface area contributed by atoms with Gasteiger partial charge in [-0.25, -0.2) is 0 Å². The third kappa shape index (κ3) is 7.26. The van der Waals surface area contributed by atoms with Gasteiger partial charge in [0.05, 0.1) is 0 Å². The fraction of sp³-hybridized carbons (Fsp3) is 0.500. The maximum absolute atomic E-state index is 10.3. The molecule has 0 aromatic carbocycles. The van der Waals surface area contributed by atoms with Gasteiger partial charge in [-0.05, 0) is 6.08 Å². The van der Waals surface area contributed by atoms with Crippen molar-refractivity contribution >= 4 is 11.9 Å². The predicted octanol–water partition coefficient (Wildman–Crippen LogP) is -0.693. The Labute approximate surface area is 80.7 Å². The third-order valence-corrected chi connectivity index (χ3v) is 1.01. The molecule has 14 heavy (non-hydrogen) atoms. The van der Waals surface area contributed by atoms with Gasteiger partial charge in [-0.15, -0.1) is 0 Å². The van der Waals surface area contributed by atoms with E-state index in [2.05, 4.69) is 9.47 Å². The lowest BCUT2D eigenvalue weighted by atomic mass is 10.4. The first-order chi connectivity index (χ1) is 6.33. The molecule has 0 heterocycles. The van der Waals surface area contributed by atoms with Crippen LogP contribution in [0.3, 0.4) is 0 Å². The quantitative estimate of drug-likeness (QED) is 0.357. The van der Waals surface area contributed by atoms with E-state index in [1.165, 1.54) is 6.92 Å². The molecule has 0 aromatic heterocycles. The lowest BCUT2D eigenvalue weighted by Crippen LogP contribution is -2.31. The summed E-state index contributed by atoms with van der Waals surface area (Å²) >= 11 is 0. The van der Waals surface area contributed by atoms with Crippen molar-refractivity contribution in [1.82, 2.24) is 0 Å². The number of aliphatic hydroxyl groups is 2. The summed E-state index contributed by atoms with van der Waals surface area (Å²) in [5.74, 6) is -4.00. The van der Waals surface area contributed by atoms with Crippen LogP contribution in [0.5, 0.6) is 0 Å². The molecule has 0 unspecified atom stereocenters. The fourth-order valence-electron chi connectivity index (χ4n) is 0.613. The molecule has 0 saturated carbocycles. The second kappa shape index (κ2) is 5.36. The molecular weight excluding hydrogens is 192 g/mol. The molecule has 0 radical (unpaired) electrons. The molecule has 0 fully saturated rings. The molecule has 0 atom stereocenters. The maximum Gasteiger partial charge on any atom is 0.346 e. The molecule has 0 rings (SSSR count). The van der Waals surface area contributed by atoms with Crippen LogP contribution in [0, 0.1) is 0 Å². The molecule has 0 amide bonds. The van der Waals surface area contributed by atoms with Crippen molar-refractivity contribution in [3.63, 3.8) is 0 Å². The van der Waals surface area contributed by atoms with Crippen LogP contribution in [0.2, 0.25) is 0 Å². The Morgan fingerprint density at radius 2 is 1.86 bits per heavy atom. The normalized spacial score (nSPS) is 11.4. The molecular formula is C8H12O6. The number of hydrogen-bond acceptors (Lipinski definition) is 6. The van der Waals surface area contributed by atoms with Gasteiger partial charge in [-0.1, -0.05) is 0 Å². The summed E-state index contributed by atoms with van der Waals surface area (Å²) in [5, 5.41) is 17.9. The Kier molecular flexibility index (Phi) is 4.82. The molecule has 0 aliphatic carbocycles. The molecule has 0 spiro atoms. The summed E-state index contributed by atoms with van der Waals surface area (Å²) in [7, 11) is 0. The van der Waals surface area contributed by atoms with Crippen molar-refractivity contribution in [2.45, 2.75) is 19.8 Å². The van der Waals surface area contributed by atoms with Gasteiger partial charge in [-0.3, -0.25) is 9.59 Å². The van der Waals surface area contributed by atoms with Crippen LogP contribution in [0.15, 0.2) is 12.2 Å². The van der Waals surface area contributed by atoms with Crippen LogP contribution in [0.4, 0.5) is 0 Å². The SMILES string of the molecule is CC(=O)OC/C=C\C(O)(O)OC(C)=O. The van der Waals surface area contributed by atoms with Crippen molar-refractivity contribution in [2.24, 2.45) is 0 Å². The molecule has 2 N–H and O–H groups in total. The molecule has 0 aliphatic heterocycles. The summed E-state index contributed by atoms with van der Waals surface area (Å²) in [4.78, 5) is 20.6. The largest absolute Gasteiger partial charge is 0.462 e. The van der Waals surface area contributed by atoms with E-state index in [0.717, 1.165) is 19.1 Å². The van der Waals surface area contributed by atoms with Crippen molar-refractivity contribution in [1.29, 1.82) is 0 Å². The maximum atomic E-state index is 10.3. The van der Waals surface area contributed by atoms with Crippen LogP contribution in [-0.2, 0) is 19.1 Å². The molecule has 0 saturated heterocycles. The minimum atomic E-state index is -2.66. The smallest absolute Gasteiger partial charge is 0.346 e. The van der Waals surface area contributed by atoms with Crippen LogP contribution in [-0.4, -0.2) is 34.7 Å². The van der Waals surface area contributed by atoms with Crippen LogP contribution < -0.4 is 0 Å². The highest BCUT2D eigenvalue weighted by molar-refractivity contribution is 5.66. The third-order valence-electron chi connectivity index (χ3n) is 1.01. The zero-order valence-corrected chi connectivity index (χ0v) is 7.89. The van der Waals surface area contributed by atoms with Gasteiger partial charge in [0, 0.05) is 19.9 Å². The number of carbonyl (C=O) groups excluding carboxylic acids is 2. The standard InChI is InChI=1S/C8H12O6/c1-6(9)13-5-3-4-8(11,12)14-7(2)10/h3-4,11-12H,5H2,1-2H3/b4-3-. The molecule has 6 heteroatoms. The summed E-state index contributed by atoms with van der Waals surface area (Å²) < 4.78 is 8.54. The summed E-state index contributed by atoms with van der Waals surface area (Å²) in [6.45, 7) is 2.12. The number of rotatable bonds is 4. The fourth-order valence-corrected chi connectivity index (χ4v) is 0.613. The first-order valence-corrected chi connectivity index (χ1v) is 3.79. The molecule has 6 nitrogen and oxygen atoms in total. The van der Waals surface area contributed by atoms with E-state index < -0.39 is 17.9 Å². The first-order valence-electron chi connectivity index (χ1n) is 3.79. The van der Waals surface area contributed by atoms with E-state index in [1.54, 1.807) is 0 Å². The minimum Gasteiger partial charge on any atom is -0.462 e. The predicted molar refractivity (Wildman–Crippen MR) is 44.7 cm³/mol. The highest BCUT2D eigenvalue weighted by atomic mass is 16.8. The van der Waals surface area contributed by atoms with E-state index in [-0.39, 0.29) is 6.61 Å². The lowest BCUT2D eigenvalue weighted by molar-refractivity contribution is -0.285. The van der Waals surface area contributed by atoms with E-state index in [4.69, 9.17) is 10.2 Å². The lowest BCUT2D eigenvalue weighted by Gasteiger charge is -2.15. The first kappa shape index (κ1) is 12.6. The molecule has 0 bridgehead atoms. The zero-order valence-electron chi connectivity index (χ0n) is 7.89. The van der Waals surface area contributed by atoms with Crippen LogP contribution in [0.25, 0.3) is 0 Å². The average molecular weight is 204 g/mol. The van der Waals surface area contributed by atoms with E-state index in [1.807, 2.05) is 0 Å². The van der Waals surface area contributed by atoms with Crippen molar-refractivity contribution in [3.8, 4) is 0 Å². The number of ether oxygens (including phenoxy) is 2. The van der Waals surface area contributed by atoms with Gasteiger partial charge < -0.3 is 19.7 Å². The minimum absolute atomic E-state index is 0.126. The Morgan fingerprint density at radius 1 is 1.29 bits per heavy atom. The van der Waals surface area contributed by atoms with Crippen molar-refractivity contribution in [3.05, 3.63) is 12.2 Å². The number of carbonyl (C=O) groups is 2. The molecule has 0 aliphatic rings. The second-order valence-electron chi connectivity index (χ2n) is 2.46. The van der Waals surface area contributed by atoms with Gasteiger partial charge >= 0.3 is 17.9 Å². The van der Waals surface area contributed by atoms with Gasteiger partial charge in [0.15, 0.2) is 0 Å². The van der Waals surface area contributed by atoms with E-state index in [9.17, 15) is 9.59 Å². The Hall–Kier alpha value is -1.40. The second-order valence-corrected chi connectivity index (χ2v) is 2.46. The summed E-state index contributed by atoms with van der Waals surface area (Å²) in [5.41, 5.74) is 0. The highest BCUT2D eigenvalue weighted by Gasteiger charge is 2.22. The molecule has 0 aromatic rings. The van der Waals surface area contributed by atoms with E-state index in [0.29, 0.717) is 0 Å². The summed E-state index contributed by atoms with van der Waals surface area (Å²) in [6.07, 6.45) is 1.93. The van der Waals surface area contributed by atoms with Gasteiger partial charge in [0.2, 0.25) is 0 Å². The van der Waals surface area contributed by atoms with Crippen molar-refractivity contribution < 1.29 is 29.3 Å². The zero-order chi connectivity index (χ0) is 11.2. The van der Waals surface area contributed by atoms with Gasteiger partial charge in [-0.2, -0.15) is 0 Å². The number of hydrogen-bond donors (Lipinski definition) is 2. The topological polar surface area (TPSA) is 93.1 Å². The van der Waals surface area contributed by atoms with Crippen LogP contribution >= 0.6 is 0 Å². The monoisotopic (exact) mass is 204 g/mol. The average Bonchev–Trinajstić information content (AvgIpc) is 1.95. The highest BCUT2D eigenvalue weighted by Crippen LogP contribution is 2.03. The van der Waals surface area contributed by atoms with Crippen LogP contribution in [0.1, 0.15) is 13.8 Å². The summed E-state index contributed by atoms with van der Waals surface area (Å²) in [6, 6.07) is 0. The van der Waals surface area contributed by atoms with Gasteiger partial charge in [0.25, 0.3) is 0 Å². The Bertz CT molecular complexity index is 242. The van der Waals surface area contributed by atoms with Crippen molar-refractivity contribution in [2.75, 3.05) is 6.61 Å². The number of esters is 2. The Morgan fingerprint density at radius 3 is 2.29 bits per heavy atom.